The van der Waals surface area contributed by atoms with Crippen LogP contribution in [-0.2, 0) is 0 Å². The summed E-state index contributed by atoms with van der Waals surface area (Å²) in [4.78, 5) is 11.1. The summed E-state index contributed by atoms with van der Waals surface area (Å²) in [5.74, 6) is -0.581. The number of hydrogen-bond donors (Lipinski definition) is 2. The Kier molecular flexibility index (Phi) is 5.33. The van der Waals surface area contributed by atoms with E-state index in [-0.39, 0.29) is 5.56 Å². The molecule has 0 spiro atoms. The summed E-state index contributed by atoms with van der Waals surface area (Å²) in [5.41, 5.74) is 0.0626. The average Bonchev–Trinajstić information content (AvgIpc) is 2.27. The molecule has 19 heavy (non-hydrogen) atoms. The lowest BCUT2D eigenvalue weighted by molar-refractivity contribution is 0.0693. The molecule has 0 saturated carbocycles. The first-order valence-electron chi connectivity index (χ1n) is 6.60. The number of nitrogens with one attached hydrogen (secondary N) is 1. The third-order valence-electron chi connectivity index (χ3n) is 3.47. The van der Waals surface area contributed by atoms with Gasteiger partial charge in [0, 0.05) is 6.54 Å². The molecule has 0 amide bonds. The van der Waals surface area contributed by atoms with Crippen LogP contribution in [0.2, 0.25) is 0 Å². The molecular weight excluding hydrogens is 245 g/mol. The molecule has 1 rings (SSSR count). The highest BCUT2D eigenvalue weighted by Crippen LogP contribution is 2.24. The minimum atomic E-state index is -1.24. The Morgan fingerprint density at radius 2 is 1.84 bits per heavy atom. The van der Waals surface area contributed by atoms with Gasteiger partial charge in [-0.2, -0.15) is 0 Å². The molecule has 0 atom stereocenters. The van der Waals surface area contributed by atoms with Crippen molar-refractivity contribution in [2.75, 3.05) is 11.9 Å². The Balaban J connectivity index is 2.88. The van der Waals surface area contributed by atoms with Gasteiger partial charge in [0.1, 0.15) is 11.4 Å². The zero-order valence-corrected chi connectivity index (χ0v) is 11.9. The van der Waals surface area contributed by atoms with E-state index in [0.717, 1.165) is 6.07 Å². The average molecular weight is 267 g/mol. The van der Waals surface area contributed by atoms with Gasteiger partial charge in [0.15, 0.2) is 0 Å². The van der Waals surface area contributed by atoms with Gasteiger partial charge in [-0.1, -0.05) is 33.8 Å². The predicted octanol–water partition coefficient (Wildman–Crippen LogP) is 3.86. The smallest absolute Gasteiger partial charge is 0.340 e. The topological polar surface area (TPSA) is 49.3 Å². The third kappa shape index (κ3) is 3.94. The van der Waals surface area contributed by atoms with Crippen LogP contribution in [0.15, 0.2) is 18.2 Å². The molecule has 3 nitrogen and oxygen atoms in total. The quantitative estimate of drug-likeness (QED) is 0.822. The summed E-state index contributed by atoms with van der Waals surface area (Å²) < 4.78 is 13.5. The van der Waals surface area contributed by atoms with Crippen molar-refractivity contribution >= 4 is 11.7 Å². The molecule has 0 radical (unpaired) electrons. The fourth-order valence-electron chi connectivity index (χ4n) is 2.36. The summed E-state index contributed by atoms with van der Waals surface area (Å²) in [6.07, 6.45) is 0. The van der Waals surface area contributed by atoms with Gasteiger partial charge >= 0.3 is 5.97 Å². The Morgan fingerprint density at radius 1 is 1.26 bits per heavy atom. The first-order valence-corrected chi connectivity index (χ1v) is 6.60. The second-order valence-corrected chi connectivity index (χ2v) is 5.50. The molecule has 0 saturated heterocycles. The van der Waals surface area contributed by atoms with Crippen LogP contribution in [0.1, 0.15) is 38.1 Å². The van der Waals surface area contributed by atoms with E-state index in [1.165, 1.54) is 6.07 Å². The normalized spacial score (nSPS) is 11.4. The van der Waals surface area contributed by atoms with Crippen LogP contribution in [0.5, 0.6) is 0 Å². The lowest BCUT2D eigenvalue weighted by Crippen LogP contribution is -2.25. The van der Waals surface area contributed by atoms with Crippen molar-refractivity contribution in [1.29, 1.82) is 0 Å². The number of carboxylic acids is 1. The van der Waals surface area contributed by atoms with Crippen LogP contribution in [0.4, 0.5) is 10.1 Å². The molecule has 0 aromatic heterocycles. The third-order valence-corrected chi connectivity index (χ3v) is 3.47. The van der Waals surface area contributed by atoms with Gasteiger partial charge < -0.3 is 10.4 Å². The second-order valence-electron chi connectivity index (χ2n) is 5.50. The van der Waals surface area contributed by atoms with Crippen molar-refractivity contribution in [2.24, 2.45) is 17.8 Å². The van der Waals surface area contributed by atoms with Gasteiger partial charge in [0.25, 0.3) is 0 Å². The Bertz CT molecular complexity index is 436. The van der Waals surface area contributed by atoms with E-state index in [1.807, 2.05) is 0 Å². The van der Waals surface area contributed by atoms with Crippen molar-refractivity contribution in [3.8, 4) is 0 Å². The zero-order valence-electron chi connectivity index (χ0n) is 11.9. The van der Waals surface area contributed by atoms with E-state index in [0.29, 0.717) is 30.0 Å². The largest absolute Gasteiger partial charge is 0.478 e. The van der Waals surface area contributed by atoms with Gasteiger partial charge in [-0.05, 0) is 29.9 Å². The van der Waals surface area contributed by atoms with E-state index < -0.39 is 11.8 Å². The van der Waals surface area contributed by atoms with Crippen LogP contribution >= 0.6 is 0 Å². The maximum atomic E-state index is 13.5. The Labute approximate surface area is 113 Å². The zero-order chi connectivity index (χ0) is 14.6. The fraction of sp³-hybridized carbons (Fsp3) is 0.533. The summed E-state index contributed by atoms with van der Waals surface area (Å²) in [5, 5.41) is 12.1. The molecule has 0 heterocycles. The molecule has 0 aliphatic heterocycles. The van der Waals surface area contributed by atoms with Gasteiger partial charge in [0.2, 0.25) is 0 Å². The van der Waals surface area contributed by atoms with Gasteiger partial charge in [-0.3, -0.25) is 0 Å². The van der Waals surface area contributed by atoms with Crippen molar-refractivity contribution in [3.63, 3.8) is 0 Å². The SMILES string of the molecule is CC(C)C(CNc1cccc(F)c1C(=O)O)C(C)C. The van der Waals surface area contributed by atoms with Crippen molar-refractivity contribution in [2.45, 2.75) is 27.7 Å². The Hall–Kier alpha value is -1.58. The van der Waals surface area contributed by atoms with E-state index in [1.54, 1.807) is 6.07 Å². The van der Waals surface area contributed by atoms with Crippen molar-refractivity contribution < 1.29 is 14.3 Å². The first-order chi connectivity index (χ1) is 8.84. The maximum absolute atomic E-state index is 13.5. The van der Waals surface area contributed by atoms with Crippen LogP contribution in [-0.4, -0.2) is 17.6 Å². The second kappa shape index (κ2) is 6.55. The molecule has 1 aromatic carbocycles. The molecule has 0 aliphatic rings. The number of aromatic carboxylic acids is 1. The molecule has 2 N–H and O–H groups in total. The van der Waals surface area contributed by atoms with Crippen molar-refractivity contribution in [1.82, 2.24) is 0 Å². The van der Waals surface area contributed by atoms with Crippen LogP contribution in [0.25, 0.3) is 0 Å². The summed E-state index contributed by atoms with van der Waals surface area (Å²) >= 11 is 0. The van der Waals surface area contributed by atoms with E-state index >= 15 is 0 Å². The number of carboxylic acid groups (broad SMARTS) is 1. The van der Waals surface area contributed by atoms with E-state index in [9.17, 15) is 9.18 Å². The van der Waals surface area contributed by atoms with Gasteiger partial charge in [-0.25, -0.2) is 9.18 Å². The monoisotopic (exact) mass is 267 g/mol. The number of halogens is 1. The highest BCUT2D eigenvalue weighted by molar-refractivity contribution is 5.94. The lowest BCUT2D eigenvalue weighted by Gasteiger charge is -2.26. The van der Waals surface area contributed by atoms with Gasteiger partial charge in [-0.15, -0.1) is 0 Å². The molecule has 0 bridgehead atoms. The minimum Gasteiger partial charge on any atom is -0.478 e. The van der Waals surface area contributed by atoms with Crippen LogP contribution in [0.3, 0.4) is 0 Å². The summed E-state index contributed by atoms with van der Waals surface area (Å²) in [6.45, 7) is 9.18. The first kappa shape index (κ1) is 15.5. The standard InChI is InChI=1S/C15H22FNO2/c1-9(2)11(10(3)4)8-17-13-7-5-6-12(16)14(13)15(18)19/h5-7,9-11,17H,8H2,1-4H3,(H,18,19). The van der Waals surface area contributed by atoms with Crippen LogP contribution < -0.4 is 5.32 Å². The highest BCUT2D eigenvalue weighted by Gasteiger charge is 2.20. The van der Waals surface area contributed by atoms with Crippen LogP contribution in [0, 0.1) is 23.6 Å². The summed E-state index contributed by atoms with van der Waals surface area (Å²) in [7, 11) is 0. The predicted molar refractivity (Wildman–Crippen MR) is 75.0 cm³/mol. The number of hydrogen-bond acceptors (Lipinski definition) is 2. The molecule has 106 valence electrons. The molecule has 4 heteroatoms. The Morgan fingerprint density at radius 3 is 2.32 bits per heavy atom. The van der Waals surface area contributed by atoms with Crippen molar-refractivity contribution in [3.05, 3.63) is 29.6 Å². The van der Waals surface area contributed by atoms with E-state index in [4.69, 9.17) is 5.11 Å². The molecule has 0 aliphatic carbocycles. The summed E-state index contributed by atoms with van der Waals surface area (Å²) in [6, 6.07) is 4.28. The molecule has 0 fully saturated rings. The number of anilines is 1. The molecule has 1 aromatic rings. The number of benzene rings is 1. The fourth-order valence-corrected chi connectivity index (χ4v) is 2.36. The molecular formula is C15H22FNO2. The number of rotatable bonds is 6. The minimum absolute atomic E-state index is 0.284. The molecule has 0 unspecified atom stereocenters. The number of carbonyl (C=O) groups is 1. The van der Waals surface area contributed by atoms with Gasteiger partial charge in [0.05, 0.1) is 5.69 Å². The lowest BCUT2D eigenvalue weighted by atomic mass is 9.85. The van der Waals surface area contributed by atoms with E-state index in [2.05, 4.69) is 33.0 Å². The maximum Gasteiger partial charge on any atom is 0.340 e. The highest BCUT2D eigenvalue weighted by atomic mass is 19.1.